The first kappa shape index (κ1) is 14.4. The Hall–Kier alpha value is -1.58. The van der Waals surface area contributed by atoms with Crippen LogP contribution in [0.15, 0.2) is 42.7 Å². The molecule has 0 amide bonds. The molecule has 1 aromatic carbocycles. The van der Waals surface area contributed by atoms with Gasteiger partial charge in [-0.15, -0.1) is 0 Å². The third-order valence-electron chi connectivity index (χ3n) is 3.80. The first-order valence-electron chi connectivity index (χ1n) is 7.26. The van der Waals surface area contributed by atoms with Crippen molar-refractivity contribution in [1.29, 1.82) is 0 Å². The van der Waals surface area contributed by atoms with E-state index in [4.69, 9.17) is 16.3 Å². The van der Waals surface area contributed by atoms with Crippen LogP contribution in [0.3, 0.4) is 0 Å². The highest BCUT2D eigenvalue weighted by atomic mass is 35.5. The maximum Gasteiger partial charge on any atom is 0.124 e. The number of aromatic nitrogens is 1. The first-order valence-corrected chi connectivity index (χ1v) is 7.63. The van der Waals surface area contributed by atoms with Crippen LogP contribution in [0, 0.1) is 5.92 Å². The number of hydrogen-bond acceptors (Lipinski definition) is 3. The van der Waals surface area contributed by atoms with Gasteiger partial charge in [-0.3, -0.25) is 4.98 Å². The smallest absolute Gasteiger partial charge is 0.124 e. The number of ether oxygens (including phenoxy) is 1. The van der Waals surface area contributed by atoms with Crippen molar-refractivity contribution in [1.82, 2.24) is 10.3 Å². The monoisotopic (exact) mass is 302 g/mol. The molecule has 3 rings (SSSR count). The Kier molecular flexibility index (Phi) is 4.42. The average molecular weight is 303 g/mol. The number of nitrogens with one attached hydrogen (secondary N) is 1. The quantitative estimate of drug-likeness (QED) is 0.881. The maximum atomic E-state index is 6.10. The van der Waals surface area contributed by atoms with Crippen LogP contribution >= 0.6 is 11.6 Å². The van der Waals surface area contributed by atoms with Gasteiger partial charge in [0.1, 0.15) is 12.4 Å². The Labute approximate surface area is 130 Å². The van der Waals surface area contributed by atoms with Gasteiger partial charge in [0.25, 0.3) is 0 Å². The van der Waals surface area contributed by atoms with Crippen LogP contribution in [0.5, 0.6) is 5.75 Å². The third-order valence-corrected chi connectivity index (χ3v) is 4.04. The molecule has 0 saturated heterocycles. The minimum Gasteiger partial charge on any atom is -0.489 e. The van der Waals surface area contributed by atoms with E-state index in [1.807, 2.05) is 36.5 Å². The van der Waals surface area contributed by atoms with Gasteiger partial charge in [0.05, 0.1) is 0 Å². The molecule has 1 aromatic heterocycles. The van der Waals surface area contributed by atoms with Crippen molar-refractivity contribution < 1.29 is 4.74 Å². The van der Waals surface area contributed by atoms with E-state index in [2.05, 4.69) is 17.2 Å². The van der Waals surface area contributed by atoms with Crippen molar-refractivity contribution in [3.05, 3.63) is 58.9 Å². The topological polar surface area (TPSA) is 34.1 Å². The van der Waals surface area contributed by atoms with Gasteiger partial charge in [-0.05, 0) is 36.6 Å². The predicted molar refractivity (Wildman–Crippen MR) is 84.4 cm³/mol. The molecule has 2 atom stereocenters. The standard InChI is InChI=1S/C17H19ClN2O/c1-12-7-16(12)20-10-14-8-15(18)4-5-17(14)21-11-13-3-2-6-19-9-13/h2-6,8-9,12,16,20H,7,10-11H2,1H3. The molecule has 1 aliphatic carbocycles. The lowest BCUT2D eigenvalue weighted by Crippen LogP contribution is -2.17. The summed E-state index contributed by atoms with van der Waals surface area (Å²) in [6.45, 7) is 3.57. The Balaban J connectivity index is 1.65. The van der Waals surface area contributed by atoms with Crippen molar-refractivity contribution in [3.8, 4) is 5.75 Å². The van der Waals surface area contributed by atoms with Crippen molar-refractivity contribution >= 4 is 11.6 Å². The van der Waals surface area contributed by atoms with Crippen LogP contribution in [0.4, 0.5) is 0 Å². The Bertz CT molecular complexity index is 603. The molecule has 2 aromatic rings. The van der Waals surface area contributed by atoms with E-state index in [-0.39, 0.29) is 0 Å². The normalized spacial score (nSPS) is 20.3. The summed E-state index contributed by atoms with van der Waals surface area (Å²) >= 11 is 6.10. The highest BCUT2D eigenvalue weighted by molar-refractivity contribution is 6.30. The molecule has 1 saturated carbocycles. The summed E-state index contributed by atoms with van der Waals surface area (Å²) in [5.41, 5.74) is 2.16. The van der Waals surface area contributed by atoms with E-state index >= 15 is 0 Å². The Morgan fingerprint density at radius 1 is 1.38 bits per heavy atom. The highest BCUT2D eigenvalue weighted by Crippen LogP contribution is 2.30. The molecule has 1 N–H and O–H groups in total. The van der Waals surface area contributed by atoms with Gasteiger partial charge in [-0.2, -0.15) is 0 Å². The summed E-state index contributed by atoms with van der Waals surface area (Å²) in [7, 11) is 0. The molecule has 4 heteroatoms. The van der Waals surface area contributed by atoms with E-state index in [1.54, 1.807) is 6.20 Å². The Morgan fingerprint density at radius 3 is 2.95 bits per heavy atom. The summed E-state index contributed by atoms with van der Waals surface area (Å²) in [4.78, 5) is 4.10. The van der Waals surface area contributed by atoms with E-state index in [9.17, 15) is 0 Å². The largest absolute Gasteiger partial charge is 0.489 e. The molecule has 1 aliphatic rings. The van der Waals surface area contributed by atoms with E-state index in [0.29, 0.717) is 12.6 Å². The second kappa shape index (κ2) is 6.46. The van der Waals surface area contributed by atoms with E-state index in [1.165, 1.54) is 6.42 Å². The molecule has 0 radical (unpaired) electrons. The van der Waals surface area contributed by atoms with Crippen molar-refractivity contribution in [2.75, 3.05) is 0 Å². The SMILES string of the molecule is CC1CC1NCc1cc(Cl)ccc1OCc1cccnc1. The molecule has 2 unspecified atom stereocenters. The van der Waals surface area contributed by atoms with E-state index in [0.717, 1.165) is 34.4 Å². The lowest BCUT2D eigenvalue weighted by atomic mass is 10.2. The molecule has 0 aliphatic heterocycles. The number of halogens is 1. The Morgan fingerprint density at radius 2 is 2.24 bits per heavy atom. The molecule has 1 fully saturated rings. The zero-order chi connectivity index (χ0) is 14.7. The lowest BCUT2D eigenvalue weighted by Gasteiger charge is -2.13. The lowest BCUT2D eigenvalue weighted by molar-refractivity contribution is 0.301. The summed E-state index contributed by atoms with van der Waals surface area (Å²) < 4.78 is 5.92. The zero-order valence-electron chi connectivity index (χ0n) is 12.1. The van der Waals surface area contributed by atoms with Gasteiger partial charge in [0.15, 0.2) is 0 Å². The zero-order valence-corrected chi connectivity index (χ0v) is 12.8. The third kappa shape index (κ3) is 3.96. The van der Waals surface area contributed by atoms with Crippen molar-refractivity contribution in [2.45, 2.75) is 32.5 Å². The van der Waals surface area contributed by atoms with Gasteiger partial charge >= 0.3 is 0 Å². The summed E-state index contributed by atoms with van der Waals surface area (Å²) in [5, 5.41) is 4.28. The highest BCUT2D eigenvalue weighted by Gasteiger charge is 2.31. The molecule has 1 heterocycles. The average Bonchev–Trinajstić information content (AvgIpc) is 3.21. The number of nitrogens with zero attached hydrogens (tertiary/aromatic N) is 1. The second-order valence-corrected chi connectivity index (χ2v) is 6.04. The first-order chi connectivity index (χ1) is 10.2. The van der Waals surface area contributed by atoms with Gasteiger partial charge in [-0.1, -0.05) is 24.6 Å². The summed E-state index contributed by atoms with van der Waals surface area (Å²) in [5.74, 6) is 1.66. The second-order valence-electron chi connectivity index (χ2n) is 5.60. The van der Waals surface area contributed by atoms with Crippen LogP contribution in [0.1, 0.15) is 24.5 Å². The number of pyridine rings is 1. The molecule has 3 nitrogen and oxygen atoms in total. The fourth-order valence-corrected chi connectivity index (χ4v) is 2.51. The van der Waals surface area contributed by atoms with Crippen LogP contribution in [0.2, 0.25) is 5.02 Å². The van der Waals surface area contributed by atoms with Gasteiger partial charge in [0.2, 0.25) is 0 Å². The summed E-state index contributed by atoms with van der Waals surface area (Å²) in [6, 6.07) is 10.3. The van der Waals surface area contributed by atoms with Gasteiger partial charge in [0, 0.05) is 41.1 Å². The van der Waals surface area contributed by atoms with Crippen LogP contribution in [-0.2, 0) is 13.2 Å². The predicted octanol–water partition coefficient (Wildman–Crippen LogP) is 3.81. The van der Waals surface area contributed by atoms with Crippen molar-refractivity contribution in [2.24, 2.45) is 5.92 Å². The van der Waals surface area contributed by atoms with Gasteiger partial charge in [-0.25, -0.2) is 0 Å². The maximum absolute atomic E-state index is 6.10. The number of rotatable bonds is 6. The number of hydrogen-bond donors (Lipinski definition) is 1. The minimum absolute atomic E-state index is 0.516. The molecular formula is C17H19ClN2O. The molecular weight excluding hydrogens is 284 g/mol. The fourth-order valence-electron chi connectivity index (χ4n) is 2.32. The molecule has 0 spiro atoms. The van der Waals surface area contributed by atoms with Gasteiger partial charge < -0.3 is 10.1 Å². The molecule has 110 valence electrons. The molecule has 21 heavy (non-hydrogen) atoms. The number of benzene rings is 1. The summed E-state index contributed by atoms with van der Waals surface area (Å²) in [6.07, 6.45) is 4.84. The fraction of sp³-hybridized carbons (Fsp3) is 0.353. The van der Waals surface area contributed by atoms with Crippen molar-refractivity contribution in [3.63, 3.8) is 0 Å². The van der Waals surface area contributed by atoms with E-state index < -0.39 is 0 Å². The minimum atomic E-state index is 0.516. The van der Waals surface area contributed by atoms with Crippen LogP contribution < -0.4 is 10.1 Å². The van der Waals surface area contributed by atoms with Crippen LogP contribution in [0.25, 0.3) is 0 Å². The molecule has 0 bridgehead atoms. The van der Waals surface area contributed by atoms with Crippen LogP contribution in [-0.4, -0.2) is 11.0 Å².